The Morgan fingerprint density at radius 3 is 1.95 bits per heavy atom. The van der Waals surface area contributed by atoms with Crippen LogP contribution in [0, 0.1) is 5.41 Å². The summed E-state index contributed by atoms with van der Waals surface area (Å²) >= 11 is 0. The predicted molar refractivity (Wildman–Crippen MR) is 88.6 cm³/mol. The molecule has 0 unspecified atom stereocenters. The molecule has 0 heterocycles. The second-order valence-corrected chi connectivity index (χ2v) is 6.49. The highest BCUT2D eigenvalue weighted by molar-refractivity contribution is 5.97. The van der Waals surface area contributed by atoms with E-state index in [-0.39, 0.29) is 23.7 Å². The lowest BCUT2D eigenvalue weighted by Gasteiger charge is -2.30. The summed E-state index contributed by atoms with van der Waals surface area (Å²) in [6.45, 7) is 10.2. The van der Waals surface area contributed by atoms with Crippen LogP contribution < -0.4 is 10.6 Å². The van der Waals surface area contributed by atoms with Crippen LogP contribution in [0.5, 0.6) is 0 Å². The Labute approximate surface area is 128 Å². The number of carbonyl (C=O) groups is 1. The summed E-state index contributed by atoms with van der Waals surface area (Å²) in [6, 6.07) is 7.58. The van der Waals surface area contributed by atoms with Gasteiger partial charge in [0.2, 0.25) is 5.91 Å². The Bertz CT molecular complexity index is 435. The highest BCUT2D eigenvalue weighted by Crippen LogP contribution is 2.23. The number of carbonyl (C=O) groups excluding carboxylic acids is 1. The van der Waals surface area contributed by atoms with Crippen molar-refractivity contribution in [1.29, 1.82) is 0 Å². The van der Waals surface area contributed by atoms with Crippen molar-refractivity contribution < 1.29 is 4.79 Å². The van der Waals surface area contributed by atoms with Crippen LogP contribution in [-0.4, -0.2) is 19.0 Å². The zero-order valence-corrected chi connectivity index (χ0v) is 14.1. The van der Waals surface area contributed by atoms with Crippen molar-refractivity contribution in [2.45, 2.75) is 46.6 Å². The van der Waals surface area contributed by atoms with E-state index in [1.165, 1.54) is 5.56 Å². The molecule has 0 spiro atoms. The number of benzene rings is 1. The summed E-state index contributed by atoms with van der Waals surface area (Å²) in [7, 11) is 1.78. The van der Waals surface area contributed by atoms with Gasteiger partial charge < -0.3 is 10.6 Å². The van der Waals surface area contributed by atoms with Crippen LogP contribution in [0.4, 0.5) is 5.69 Å². The Morgan fingerprint density at radius 2 is 1.60 bits per heavy atom. The standard InChI is InChI=1S/C16H26N2O.ClH/c1-11(2)12-7-9-13(10-8-12)18(6)15(19)14(17)16(3,4)5;/h7-11,14H,17H2,1-6H3;1H/t14-;/m1./s1. The van der Waals surface area contributed by atoms with E-state index in [1.807, 2.05) is 32.9 Å². The number of halogens is 1. The number of amides is 1. The average molecular weight is 299 g/mol. The molecule has 0 aliphatic carbocycles. The third kappa shape index (κ3) is 4.50. The van der Waals surface area contributed by atoms with Crippen LogP contribution >= 0.6 is 12.4 Å². The van der Waals surface area contributed by atoms with Crippen molar-refractivity contribution >= 4 is 24.0 Å². The molecule has 1 amide bonds. The van der Waals surface area contributed by atoms with Crippen LogP contribution in [0.1, 0.15) is 46.1 Å². The second-order valence-electron chi connectivity index (χ2n) is 6.49. The average Bonchev–Trinajstić information content (AvgIpc) is 2.35. The molecule has 1 atom stereocenters. The first-order valence-electron chi connectivity index (χ1n) is 6.77. The van der Waals surface area contributed by atoms with Crippen LogP contribution in [-0.2, 0) is 4.79 Å². The Balaban J connectivity index is 0.00000361. The van der Waals surface area contributed by atoms with Gasteiger partial charge in [0, 0.05) is 12.7 Å². The van der Waals surface area contributed by atoms with Crippen molar-refractivity contribution in [2.24, 2.45) is 11.1 Å². The van der Waals surface area contributed by atoms with E-state index >= 15 is 0 Å². The van der Waals surface area contributed by atoms with Gasteiger partial charge in [-0.25, -0.2) is 0 Å². The number of likely N-dealkylation sites (N-methyl/N-ethyl adjacent to an activating group) is 1. The molecule has 0 saturated heterocycles. The summed E-state index contributed by atoms with van der Waals surface area (Å²) in [5.74, 6) is 0.441. The van der Waals surface area contributed by atoms with Crippen molar-refractivity contribution in [3.63, 3.8) is 0 Å². The number of hydrogen-bond acceptors (Lipinski definition) is 2. The summed E-state index contributed by atoms with van der Waals surface area (Å²) in [5.41, 5.74) is 7.94. The highest BCUT2D eigenvalue weighted by atomic mass is 35.5. The first-order chi connectivity index (χ1) is 8.64. The molecule has 1 rings (SSSR count). The van der Waals surface area contributed by atoms with Gasteiger partial charge in [0.05, 0.1) is 6.04 Å². The fraction of sp³-hybridized carbons (Fsp3) is 0.562. The van der Waals surface area contributed by atoms with Gasteiger partial charge in [-0.3, -0.25) is 4.79 Å². The van der Waals surface area contributed by atoms with E-state index in [4.69, 9.17) is 5.73 Å². The fourth-order valence-corrected chi connectivity index (χ4v) is 1.79. The lowest BCUT2D eigenvalue weighted by atomic mass is 9.86. The van der Waals surface area contributed by atoms with E-state index in [0.717, 1.165) is 5.69 Å². The molecule has 0 fully saturated rings. The van der Waals surface area contributed by atoms with Gasteiger partial charge >= 0.3 is 0 Å². The fourth-order valence-electron chi connectivity index (χ4n) is 1.79. The molecule has 4 heteroatoms. The second kappa shape index (κ2) is 7.09. The third-order valence-electron chi connectivity index (χ3n) is 3.48. The normalized spacial score (nSPS) is 12.8. The van der Waals surface area contributed by atoms with Gasteiger partial charge in [-0.1, -0.05) is 46.8 Å². The zero-order chi connectivity index (χ0) is 14.8. The van der Waals surface area contributed by atoms with E-state index in [2.05, 4.69) is 26.0 Å². The molecule has 0 saturated carbocycles. The lowest BCUT2D eigenvalue weighted by Crippen LogP contribution is -2.49. The SMILES string of the molecule is CC(C)c1ccc(N(C)C(=O)[C@@H](N)C(C)(C)C)cc1.Cl. The zero-order valence-electron chi connectivity index (χ0n) is 13.3. The Hall–Kier alpha value is -1.06. The largest absolute Gasteiger partial charge is 0.319 e. The van der Waals surface area contributed by atoms with E-state index in [9.17, 15) is 4.79 Å². The minimum Gasteiger partial charge on any atom is -0.319 e. The van der Waals surface area contributed by atoms with Crippen molar-refractivity contribution in [3.8, 4) is 0 Å². The van der Waals surface area contributed by atoms with Crippen LogP contribution in [0.2, 0.25) is 0 Å². The summed E-state index contributed by atoms with van der Waals surface area (Å²) in [6.07, 6.45) is 0. The van der Waals surface area contributed by atoms with E-state index in [1.54, 1.807) is 11.9 Å². The summed E-state index contributed by atoms with van der Waals surface area (Å²) in [4.78, 5) is 13.9. The predicted octanol–water partition coefficient (Wildman–Crippen LogP) is 3.57. The maximum Gasteiger partial charge on any atom is 0.244 e. The third-order valence-corrected chi connectivity index (χ3v) is 3.48. The number of hydrogen-bond donors (Lipinski definition) is 1. The van der Waals surface area contributed by atoms with Gasteiger partial charge in [-0.2, -0.15) is 0 Å². The Morgan fingerprint density at radius 1 is 1.15 bits per heavy atom. The first kappa shape index (κ1) is 18.9. The van der Waals surface area contributed by atoms with Gasteiger partial charge in [-0.15, -0.1) is 12.4 Å². The maximum atomic E-state index is 12.3. The number of nitrogens with two attached hydrogens (primary N) is 1. The van der Waals surface area contributed by atoms with E-state index < -0.39 is 6.04 Å². The lowest BCUT2D eigenvalue weighted by molar-refractivity contribution is -0.121. The van der Waals surface area contributed by atoms with Crippen LogP contribution in [0.25, 0.3) is 0 Å². The molecular formula is C16H27ClN2O. The number of nitrogens with zero attached hydrogens (tertiary/aromatic N) is 1. The molecule has 0 radical (unpaired) electrons. The maximum absolute atomic E-state index is 12.3. The van der Waals surface area contributed by atoms with Crippen molar-refractivity contribution in [1.82, 2.24) is 0 Å². The highest BCUT2D eigenvalue weighted by Gasteiger charge is 2.30. The van der Waals surface area contributed by atoms with Crippen molar-refractivity contribution in [2.75, 3.05) is 11.9 Å². The number of rotatable bonds is 3. The van der Waals surface area contributed by atoms with Gasteiger partial charge in [0.25, 0.3) is 0 Å². The van der Waals surface area contributed by atoms with Gasteiger partial charge in [0.15, 0.2) is 0 Å². The molecule has 2 N–H and O–H groups in total. The topological polar surface area (TPSA) is 46.3 Å². The van der Waals surface area contributed by atoms with Gasteiger partial charge in [0.1, 0.15) is 0 Å². The summed E-state index contributed by atoms with van der Waals surface area (Å²) in [5, 5.41) is 0. The number of anilines is 1. The molecule has 1 aromatic rings. The smallest absolute Gasteiger partial charge is 0.244 e. The van der Waals surface area contributed by atoms with Gasteiger partial charge in [-0.05, 0) is 29.0 Å². The monoisotopic (exact) mass is 298 g/mol. The molecular weight excluding hydrogens is 272 g/mol. The van der Waals surface area contributed by atoms with Crippen LogP contribution in [0.15, 0.2) is 24.3 Å². The van der Waals surface area contributed by atoms with Crippen LogP contribution in [0.3, 0.4) is 0 Å². The van der Waals surface area contributed by atoms with Crippen molar-refractivity contribution in [3.05, 3.63) is 29.8 Å². The molecule has 114 valence electrons. The summed E-state index contributed by atoms with van der Waals surface area (Å²) < 4.78 is 0. The molecule has 0 aliphatic rings. The minimum atomic E-state index is -0.498. The molecule has 0 aliphatic heterocycles. The quantitative estimate of drug-likeness (QED) is 0.927. The molecule has 0 bridgehead atoms. The first-order valence-corrected chi connectivity index (χ1v) is 6.77. The molecule has 0 aromatic heterocycles. The molecule has 20 heavy (non-hydrogen) atoms. The minimum absolute atomic E-state index is 0. The molecule has 1 aromatic carbocycles. The Kier molecular flexibility index (Phi) is 6.72. The molecule has 3 nitrogen and oxygen atoms in total. The van der Waals surface area contributed by atoms with E-state index in [0.29, 0.717) is 5.92 Å².